The fraction of sp³-hybridized carbons (Fsp3) is 0.455. The van der Waals surface area contributed by atoms with Crippen molar-refractivity contribution in [3.05, 3.63) is 24.3 Å². The van der Waals surface area contributed by atoms with Crippen LogP contribution in [0.15, 0.2) is 29.2 Å². The average Bonchev–Trinajstić information content (AvgIpc) is 2.29. The first kappa shape index (κ1) is 12.3. The Hall–Kier alpha value is -1.11. The zero-order chi connectivity index (χ0) is 12.5. The highest BCUT2D eigenvalue weighted by Crippen LogP contribution is 2.21. The molecule has 0 spiro atoms. The van der Waals surface area contributed by atoms with Crippen molar-refractivity contribution in [3.63, 3.8) is 0 Å². The van der Waals surface area contributed by atoms with Crippen LogP contribution in [0.25, 0.3) is 0 Å². The van der Waals surface area contributed by atoms with Crippen LogP contribution in [-0.2, 0) is 10.0 Å². The van der Waals surface area contributed by atoms with E-state index in [9.17, 15) is 8.42 Å². The van der Waals surface area contributed by atoms with Gasteiger partial charge in [-0.25, -0.2) is 13.6 Å². The Bertz CT molecular complexity index is 501. The minimum atomic E-state index is -3.62. The summed E-state index contributed by atoms with van der Waals surface area (Å²) in [6, 6.07) is 7.14. The number of primary sulfonamides is 1. The van der Waals surface area contributed by atoms with E-state index < -0.39 is 10.0 Å². The largest absolute Gasteiger partial charge is 0.366 e. The van der Waals surface area contributed by atoms with Crippen LogP contribution < -0.4 is 15.4 Å². The third-order valence-electron chi connectivity index (χ3n) is 2.98. The lowest BCUT2D eigenvalue weighted by atomic mass is 10.2. The zero-order valence-corrected chi connectivity index (χ0v) is 10.6. The summed E-state index contributed by atoms with van der Waals surface area (Å²) in [6.07, 6.45) is 0. The second kappa shape index (κ2) is 4.64. The molecule has 17 heavy (non-hydrogen) atoms. The molecule has 1 fully saturated rings. The Labute approximate surface area is 102 Å². The lowest BCUT2D eigenvalue weighted by Gasteiger charge is -2.36. The molecule has 1 aromatic rings. The number of benzene rings is 1. The number of nitrogens with one attached hydrogen (secondary N) is 1. The van der Waals surface area contributed by atoms with E-state index in [1.807, 2.05) is 6.07 Å². The van der Waals surface area contributed by atoms with E-state index in [-0.39, 0.29) is 4.90 Å². The first-order valence-electron chi connectivity index (χ1n) is 5.59. The molecule has 0 saturated carbocycles. The SMILES string of the molecule is CC1CNCCN1c1cccc(S(N)(=O)=O)c1. The van der Waals surface area contributed by atoms with Gasteiger partial charge in [-0.2, -0.15) is 0 Å². The van der Waals surface area contributed by atoms with Crippen LogP contribution in [0.2, 0.25) is 0 Å². The second-order valence-corrected chi connectivity index (χ2v) is 5.85. The summed E-state index contributed by atoms with van der Waals surface area (Å²) in [4.78, 5) is 2.35. The molecule has 5 nitrogen and oxygen atoms in total. The van der Waals surface area contributed by atoms with Gasteiger partial charge in [-0.3, -0.25) is 0 Å². The fourth-order valence-corrected chi connectivity index (χ4v) is 2.62. The highest BCUT2D eigenvalue weighted by atomic mass is 32.2. The third-order valence-corrected chi connectivity index (χ3v) is 3.89. The summed E-state index contributed by atoms with van der Waals surface area (Å²) in [7, 11) is -3.62. The molecule has 0 aromatic heterocycles. The quantitative estimate of drug-likeness (QED) is 0.788. The first-order chi connectivity index (χ1) is 7.98. The van der Waals surface area contributed by atoms with Crippen LogP contribution in [0.4, 0.5) is 5.69 Å². The molecule has 1 aliphatic rings. The van der Waals surface area contributed by atoms with Gasteiger partial charge in [0.2, 0.25) is 10.0 Å². The van der Waals surface area contributed by atoms with Gasteiger partial charge >= 0.3 is 0 Å². The van der Waals surface area contributed by atoms with Crippen LogP contribution in [0.1, 0.15) is 6.92 Å². The van der Waals surface area contributed by atoms with Crippen LogP contribution in [0, 0.1) is 0 Å². The number of piperazine rings is 1. The van der Waals surface area contributed by atoms with E-state index in [2.05, 4.69) is 17.1 Å². The normalized spacial score (nSPS) is 21.5. The second-order valence-electron chi connectivity index (χ2n) is 4.29. The highest BCUT2D eigenvalue weighted by molar-refractivity contribution is 7.89. The van der Waals surface area contributed by atoms with E-state index in [0.717, 1.165) is 25.3 Å². The van der Waals surface area contributed by atoms with Gasteiger partial charge in [0.05, 0.1) is 4.90 Å². The number of nitrogens with two attached hydrogens (primary N) is 1. The maximum absolute atomic E-state index is 11.3. The molecule has 2 rings (SSSR count). The lowest BCUT2D eigenvalue weighted by molar-refractivity contribution is 0.500. The Balaban J connectivity index is 2.33. The minimum Gasteiger partial charge on any atom is -0.366 e. The molecule has 1 saturated heterocycles. The topological polar surface area (TPSA) is 75.4 Å². The summed E-state index contributed by atoms with van der Waals surface area (Å²) >= 11 is 0. The van der Waals surface area contributed by atoms with Crippen molar-refractivity contribution < 1.29 is 8.42 Å². The standard InChI is InChI=1S/C11H17N3O2S/c1-9-8-13-5-6-14(9)10-3-2-4-11(7-10)17(12,15)16/h2-4,7,9,13H,5-6,8H2,1H3,(H2,12,15,16). The number of anilines is 1. The molecule has 3 N–H and O–H groups in total. The van der Waals surface area contributed by atoms with Gasteiger partial charge in [-0.05, 0) is 25.1 Å². The minimum absolute atomic E-state index is 0.167. The number of rotatable bonds is 2. The van der Waals surface area contributed by atoms with Crippen molar-refractivity contribution in [3.8, 4) is 0 Å². The van der Waals surface area contributed by atoms with E-state index in [4.69, 9.17) is 5.14 Å². The highest BCUT2D eigenvalue weighted by Gasteiger charge is 2.19. The molecule has 1 aromatic carbocycles. The Morgan fingerprint density at radius 2 is 2.24 bits per heavy atom. The average molecular weight is 255 g/mol. The molecule has 0 amide bonds. The van der Waals surface area contributed by atoms with Gasteiger partial charge in [0.1, 0.15) is 0 Å². The van der Waals surface area contributed by atoms with E-state index in [0.29, 0.717) is 6.04 Å². The van der Waals surface area contributed by atoms with Crippen LogP contribution in [0.5, 0.6) is 0 Å². The predicted octanol–water partition coefficient (Wildman–Crippen LogP) is 0.132. The maximum Gasteiger partial charge on any atom is 0.238 e. The maximum atomic E-state index is 11.3. The third kappa shape index (κ3) is 2.77. The summed E-state index contributed by atoms with van der Waals surface area (Å²) in [6.45, 7) is 4.79. The van der Waals surface area contributed by atoms with Crippen molar-refractivity contribution in [2.24, 2.45) is 5.14 Å². The fourth-order valence-electron chi connectivity index (χ4n) is 2.06. The van der Waals surface area contributed by atoms with E-state index in [1.165, 1.54) is 6.07 Å². The van der Waals surface area contributed by atoms with E-state index in [1.54, 1.807) is 12.1 Å². The van der Waals surface area contributed by atoms with Gasteiger partial charge in [-0.1, -0.05) is 6.07 Å². The Morgan fingerprint density at radius 3 is 2.88 bits per heavy atom. The molecule has 0 aliphatic carbocycles. The molecule has 0 radical (unpaired) electrons. The Kier molecular flexibility index (Phi) is 3.37. The van der Waals surface area contributed by atoms with Gasteiger partial charge < -0.3 is 10.2 Å². The summed E-state index contributed by atoms with van der Waals surface area (Å²) in [5.74, 6) is 0. The molecule has 1 heterocycles. The van der Waals surface area contributed by atoms with Crippen LogP contribution in [0.3, 0.4) is 0 Å². The van der Waals surface area contributed by atoms with Crippen molar-refractivity contribution in [1.82, 2.24) is 5.32 Å². The van der Waals surface area contributed by atoms with Gasteiger partial charge in [0.25, 0.3) is 0 Å². The summed E-state index contributed by atoms with van der Waals surface area (Å²) < 4.78 is 22.6. The number of nitrogens with zero attached hydrogens (tertiary/aromatic N) is 1. The molecule has 94 valence electrons. The van der Waals surface area contributed by atoms with Gasteiger partial charge in [-0.15, -0.1) is 0 Å². The molecular weight excluding hydrogens is 238 g/mol. The van der Waals surface area contributed by atoms with Crippen molar-refractivity contribution >= 4 is 15.7 Å². The predicted molar refractivity (Wildman–Crippen MR) is 67.5 cm³/mol. The molecular formula is C11H17N3O2S. The Morgan fingerprint density at radius 1 is 1.47 bits per heavy atom. The molecule has 1 aliphatic heterocycles. The molecule has 6 heteroatoms. The molecule has 0 bridgehead atoms. The van der Waals surface area contributed by atoms with Crippen molar-refractivity contribution in [2.45, 2.75) is 17.9 Å². The first-order valence-corrected chi connectivity index (χ1v) is 7.13. The molecule has 1 atom stereocenters. The summed E-state index contributed by atoms with van der Waals surface area (Å²) in [5.41, 5.74) is 0.908. The molecule has 1 unspecified atom stereocenters. The summed E-state index contributed by atoms with van der Waals surface area (Å²) in [5, 5.41) is 8.43. The number of hydrogen-bond acceptors (Lipinski definition) is 4. The van der Waals surface area contributed by atoms with Crippen molar-refractivity contribution in [1.29, 1.82) is 0 Å². The monoisotopic (exact) mass is 255 g/mol. The number of hydrogen-bond donors (Lipinski definition) is 2. The zero-order valence-electron chi connectivity index (χ0n) is 9.76. The van der Waals surface area contributed by atoms with E-state index >= 15 is 0 Å². The smallest absolute Gasteiger partial charge is 0.238 e. The van der Waals surface area contributed by atoms with Gasteiger partial charge in [0, 0.05) is 31.4 Å². The lowest BCUT2D eigenvalue weighted by Crippen LogP contribution is -2.49. The van der Waals surface area contributed by atoms with Crippen molar-refractivity contribution in [2.75, 3.05) is 24.5 Å². The number of sulfonamides is 1. The van der Waals surface area contributed by atoms with Crippen LogP contribution in [-0.4, -0.2) is 34.1 Å². The van der Waals surface area contributed by atoms with Gasteiger partial charge in [0.15, 0.2) is 0 Å². The van der Waals surface area contributed by atoms with Crippen LogP contribution >= 0.6 is 0 Å².